The molecule has 5 heteroatoms. The number of carboxylic acid groups (broad SMARTS) is 1. The van der Waals surface area contributed by atoms with Gasteiger partial charge in [-0.1, -0.05) is 20.8 Å². The molecule has 0 radical (unpaired) electrons. The van der Waals surface area contributed by atoms with Gasteiger partial charge in [-0.2, -0.15) is 0 Å². The maximum Gasteiger partial charge on any atom is 0.307 e. The molecule has 0 saturated carbocycles. The van der Waals surface area contributed by atoms with Crippen LogP contribution in [0.15, 0.2) is 0 Å². The first-order chi connectivity index (χ1) is 7.90. The highest BCUT2D eigenvalue weighted by molar-refractivity contribution is 5.78. The molecule has 0 heterocycles. The van der Waals surface area contributed by atoms with Gasteiger partial charge in [-0.25, -0.2) is 0 Å². The Morgan fingerprint density at radius 2 is 1.82 bits per heavy atom. The average Bonchev–Trinajstić information content (AvgIpc) is 2.25. The second kappa shape index (κ2) is 8.06. The van der Waals surface area contributed by atoms with Crippen LogP contribution in [0.3, 0.4) is 0 Å². The minimum atomic E-state index is -0.836. The molecule has 0 aromatic carbocycles. The molecule has 0 aliphatic rings. The lowest BCUT2D eigenvalue weighted by atomic mass is 10.1. The number of carboxylic acids is 1. The first kappa shape index (κ1) is 15.9. The Labute approximate surface area is 103 Å². The van der Waals surface area contributed by atoms with E-state index in [4.69, 9.17) is 5.11 Å². The van der Waals surface area contributed by atoms with Gasteiger partial charge < -0.3 is 10.4 Å². The number of likely N-dealkylation sites (N-methyl/N-ethyl adjacent to an activating group) is 1. The highest BCUT2D eigenvalue weighted by Crippen LogP contribution is 1.99. The van der Waals surface area contributed by atoms with Gasteiger partial charge in [0.15, 0.2) is 0 Å². The van der Waals surface area contributed by atoms with E-state index >= 15 is 0 Å². The fourth-order valence-electron chi connectivity index (χ4n) is 1.62. The van der Waals surface area contributed by atoms with Crippen LogP contribution in [-0.2, 0) is 9.59 Å². The van der Waals surface area contributed by atoms with Crippen LogP contribution in [-0.4, -0.2) is 48.1 Å². The van der Waals surface area contributed by atoms with Gasteiger partial charge in [0.25, 0.3) is 0 Å². The van der Waals surface area contributed by atoms with E-state index in [1.54, 1.807) is 18.9 Å². The number of hydrogen-bond donors (Lipinski definition) is 2. The van der Waals surface area contributed by atoms with Gasteiger partial charge in [0.1, 0.15) is 0 Å². The summed E-state index contributed by atoms with van der Waals surface area (Å²) >= 11 is 0. The molecule has 0 bridgehead atoms. The zero-order valence-electron chi connectivity index (χ0n) is 11.2. The summed E-state index contributed by atoms with van der Waals surface area (Å²) in [5.41, 5.74) is 0. The highest BCUT2D eigenvalue weighted by Gasteiger charge is 2.16. The van der Waals surface area contributed by atoms with Crippen molar-refractivity contribution in [2.75, 3.05) is 20.1 Å². The van der Waals surface area contributed by atoms with Crippen molar-refractivity contribution in [3.8, 4) is 0 Å². The molecular formula is C12H24N2O3. The Morgan fingerprint density at radius 1 is 1.29 bits per heavy atom. The molecule has 1 unspecified atom stereocenters. The molecule has 5 nitrogen and oxygen atoms in total. The highest BCUT2D eigenvalue weighted by atomic mass is 16.4. The summed E-state index contributed by atoms with van der Waals surface area (Å²) in [5.74, 6) is -1.34. The first-order valence-corrected chi connectivity index (χ1v) is 6.11. The number of nitrogens with one attached hydrogen (secondary N) is 1. The quantitative estimate of drug-likeness (QED) is 0.667. The van der Waals surface area contributed by atoms with Crippen molar-refractivity contribution >= 4 is 11.9 Å². The van der Waals surface area contributed by atoms with Crippen molar-refractivity contribution in [1.82, 2.24) is 10.2 Å². The van der Waals surface area contributed by atoms with E-state index < -0.39 is 11.9 Å². The fourth-order valence-corrected chi connectivity index (χ4v) is 1.62. The molecule has 100 valence electrons. The average molecular weight is 244 g/mol. The predicted molar refractivity (Wildman–Crippen MR) is 66.8 cm³/mol. The van der Waals surface area contributed by atoms with Crippen LogP contribution in [0.1, 0.15) is 33.6 Å². The Hall–Kier alpha value is -1.10. The molecule has 2 N–H and O–H groups in total. The molecule has 0 aliphatic carbocycles. The number of aliphatic carboxylic acids is 1. The predicted octanol–water partition coefficient (Wildman–Crippen LogP) is 0.944. The molecule has 0 spiro atoms. The van der Waals surface area contributed by atoms with Crippen LogP contribution in [0, 0.1) is 5.92 Å². The topological polar surface area (TPSA) is 69.6 Å². The van der Waals surface area contributed by atoms with Gasteiger partial charge in [0.05, 0.1) is 12.5 Å². The van der Waals surface area contributed by atoms with E-state index in [2.05, 4.69) is 5.32 Å². The monoisotopic (exact) mass is 244 g/mol. The maximum atomic E-state index is 11.6. The summed E-state index contributed by atoms with van der Waals surface area (Å²) in [6.45, 7) is 6.33. The summed E-state index contributed by atoms with van der Waals surface area (Å²) in [7, 11) is 1.76. The lowest BCUT2D eigenvalue weighted by Crippen LogP contribution is -2.42. The minimum absolute atomic E-state index is 0.0428. The van der Waals surface area contributed by atoms with Crippen LogP contribution in [0.2, 0.25) is 0 Å². The van der Waals surface area contributed by atoms with Crippen molar-refractivity contribution in [1.29, 1.82) is 0 Å². The molecule has 0 saturated heterocycles. The van der Waals surface area contributed by atoms with Gasteiger partial charge >= 0.3 is 5.97 Å². The van der Waals surface area contributed by atoms with Crippen LogP contribution in [0.5, 0.6) is 0 Å². The number of rotatable bonds is 8. The van der Waals surface area contributed by atoms with E-state index in [0.29, 0.717) is 6.54 Å². The standard InChI is InChI=1S/C12H24N2O3/c1-5-10(6-2)13-11(15)8-14(4)7-9(3)12(16)17/h9-10H,5-8H2,1-4H3,(H,13,15)(H,16,17). The van der Waals surface area contributed by atoms with E-state index in [1.807, 2.05) is 13.8 Å². The number of carbonyl (C=O) groups excluding carboxylic acids is 1. The summed E-state index contributed by atoms with van der Waals surface area (Å²) in [4.78, 5) is 24.0. The van der Waals surface area contributed by atoms with E-state index in [0.717, 1.165) is 12.8 Å². The smallest absolute Gasteiger partial charge is 0.307 e. The first-order valence-electron chi connectivity index (χ1n) is 6.11. The van der Waals surface area contributed by atoms with Crippen molar-refractivity contribution in [3.63, 3.8) is 0 Å². The number of hydrogen-bond acceptors (Lipinski definition) is 3. The molecule has 1 amide bonds. The molecule has 0 aromatic rings. The molecule has 0 aromatic heterocycles. The Kier molecular flexibility index (Phi) is 7.54. The Bertz CT molecular complexity index is 252. The third kappa shape index (κ3) is 6.94. The molecule has 0 fully saturated rings. The second-order valence-corrected chi connectivity index (χ2v) is 4.52. The summed E-state index contributed by atoms with van der Waals surface area (Å²) < 4.78 is 0. The summed E-state index contributed by atoms with van der Waals surface area (Å²) in [6.07, 6.45) is 1.83. The second-order valence-electron chi connectivity index (χ2n) is 4.52. The van der Waals surface area contributed by atoms with E-state index in [9.17, 15) is 9.59 Å². The van der Waals surface area contributed by atoms with E-state index in [1.165, 1.54) is 0 Å². The van der Waals surface area contributed by atoms with Gasteiger partial charge in [-0.15, -0.1) is 0 Å². The zero-order chi connectivity index (χ0) is 13.4. The molecular weight excluding hydrogens is 220 g/mol. The molecule has 0 aliphatic heterocycles. The largest absolute Gasteiger partial charge is 0.481 e. The Balaban J connectivity index is 3.99. The van der Waals surface area contributed by atoms with Crippen molar-refractivity contribution < 1.29 is 14.7 Å². The SMILES string of the molecule is CCC(CC)NC(=O)CN(C)CC(C)C(=O)O. The molecule has 1 atom stereocenters. The minimum Gasteiger partial charge on any atom is -0.481 e. The van der Waals surface area contributed by atoms with Crippen LogP contribution in [0.25, 0.3) is 0 Å². The van der Waals surface area contributed by atoms with Crippen molar-refractivity contribution in [2.24, 2.45) is 5.92 Å². The maximum absolute atomic E-state index is 11.6. The number of carbonyl (C=O) groups is 2. The number of nitrogens with zero attached hydrogens (tertiary/aromatic N) is 1. The molecule has 0 rings (SSSR count). The zero-order valence-corrected chi connectivity index (χ0v) is 11.2. The van der Waals surface area contributed by atoms with Crippen LogP contribution >= 0.6 is 0 Å². The lowest BCUT2D eigenvalue weighted by Gasteiger charge is -2.20. The van der Waals surface area contributed by atoms with Crippen molar-refractivity contribution in [2.45, 2.75) is 39.7 Å². The van der Waals surface area contributed by atoms with Gasteiger partial charge in [-0.3, -0.25) is 14.5 Å². The normalized spacial score (nSPS) is 12.8. The third-order valence-electron chi connectivity index (χ3n) is 2.77. The Morgan fingerprint density at radius 3 is 2.24 bits per heavy atom. The van der Waals surface area contributed by atoms with Gasteiger partial charge in [0.2, 0.25) is 5.91 Å². The van der Waals surface area contributed by atoms with Crippen molar-refractivity contribution in [3.05, 3.63) is 0 Å². The van der Waals surface area contributed by atoms with Crippen LogP contribution in [0.4, 0.5) is 0 Å². The fraction of sp³-hybridized carbons (Fsp3) is 0.833. The third-order valence-corrected chi connectivity index (χ3v) is 2.77. The number of amides is 1. The molecule has 17 heavy (non-hydrogen) atoms. The van der Waals surface area contributed by atoms with E-state index in [-0.39, 0.29) is 18.5 Å². The van der Waals surface area contributed by atoms with Gasteiger partial charge in [-0.05, 0) is 19.9 Å². The van der Waals surface area contributed by atoms with Crippen LogP contribution < -0.4 is 5.32 Å². The van der Waals surface area contributed by atoms with Gasteiger partial charge in [0, 0.05) is 12.6 Å². The lowest BCUT2D eigenvalue weighted by molar-refractivity contribution is -0.142. The summed E-state index contributed by atoms with van der Waals surface area (Å²) in [5, 5.41) is 11.7. The summed E-state index contributed by atoms with van der Waals surface area (Å²) in [6, 6.07) is 0.216.